The van der Waals surface area contributed by atoms with Crippen molar-refractivity contribution in [3.05, 3.63) is 107 Å². The number of hydrogen-bond acceptors (Lipinski definition) is 4. The fraction of sp³-hybridized carbons (Fsp3) is 0.231. The highest BCUT2D eigenvalue weighted by Gasteiger charge is 2.13. The summed E-state index contributed by atoms with van der Waals surface area (Å²) >= 11 is 0. The summed E-state index contributed by atoms with van der Waals surface area (Å²) in [6, 6.07) is 16.5. The summed E-state index contributed by atoms with van der Waals surface area (Å²) in [5.41, 5.74) is 22.4. The molecule has 0 saturated heterocycles. The van der Waals surface area contributed by atoms with E-state index in [1.165, 1.54) is 16.7 Å². The third kappa shape index (κ3) is 8.84. The van der Waals surface area contributed by atoms with E-state index >= 15 is 0 Å². The van der Waals surface area contributed by atoms with Crippen molar-refractivity contribution in [3.63, 3.8) is 0 Å². The molecule has 0 bridgehead atoms. The molecular weight excluding hydrogens is 368 g/mol. The smallest absolute Gasteiger partial charge is 0.0934 e. The van der Waals surface area contributed by atoms with Gasteiger partial charge in [-0.25, -0.2) is 0 Å². The van der Waals surface area contributed by atoms with Crippen LogP contribution in [0.2, 0.25) is 0 Å². The molecule has 3 rings (SSSR count). The van der Waals surface area contributed by atoms with Crippen molar-refractivity contribution in [2.24, 2.45) is 17.2 Å². The van der Waals surface area contributed by atoms with E-state index in [1.54, 1.807) is 18.2 Å². The van der Waals surface area contributed by atoms with Crippen molar-refractivity contribution >= 4 is 11.8 Å². The van der Waals surface area contributed by atoms with E-state index in [9.17, 15) is 0 Å². The van der Waals surface area contributed by atoms with Gasteiger partial charge in [-0.3, -0.25) is 0 Å². The van der Waals surface area contributed by atoms with Gasteiger partial charge in [-0.2, -0.15) is 0 Å². The summed E-state index contributed by atoms with van der Waals surface area (Å²) in [5, 5.41) is 0. The Labute approximate surface area is 182 Å². The molecule has 0 atom stereocenters. The quantitative estimate of drug-likeness (QED) is 0.648. The molecule has 4 nitrogen and oxygen atoms in total. The van der Waals surface area contributed by atoms with Gasteiger partial charge in [0.15, 0.2) is 0 Å². The molecule has 0 aromatic heterocycles. The fourth-order valence-electron chi connectivity index (χ4n) is 2.90. The lowest BCUT2D eigenvalue weighted by Gasteiger charge is -2.25. The predicted molar refractivity (Wildman–Crippen MR) is 132 cm³/mol. The molecular formula is C26H36N4. The molecule has 0 spiro atoms. The Morgan fingerprint density at radius 1 is 0.967 bits per heavy atom. The number of rotatable bonds is 4. The Balaban J connectivity index is 0.000000318. The van der Waals surface area contributed by atoms with Crippen molar-refractivity contribution < 1.29 is 0 Å². The van der Waals surface area contributed by atoms with Crippen molar-refractivity contribution in [2.75, 3.05) is 13.6 Å². The third-order valence-corrected chi connectivity index (χ3v) is 4.42. The zero-order valence-electron chi connectivity index (χ0n) is 18.5. The van der Waals surface area contributed by atoms with Crippen LogP contribution in [-0.2, 0) is 13.0 Å². The van der Waals surface area contributed by atoms with Gasteiger partial charge in [0, 0.05) is 18.8 Å². The number of nitrogens with zero attached hydrogens (tertiary/aromatic N) is 1. The summed E-state index contributed by atoms with van der Waals surface area (Å²) < 4.78 is 0. The maximum absolute atomic E-state index is 6.00. The zero-order chi connectivity index (χ0) is 22.4. The van der Waals surface area contributed by atoms with Crippen molar-refractivity contribution in [2.45, 2.75) is 26.8 Å². The molecule has 1 heterocycles. The van der Waals surface area contributed by atoms with Crippen LogP contribution in [0.1, 0.15) is 36.1 Å². The van der Waals surface area contributed by atoms with Gasteiger partial charge in [-0.05, 0) is 53.9 Å². The van der Waals surface area contributed by atoms with Crippen LogP contribution in [0.25, 0.3) is 11.8 Å². The van der Waals surface area contributed by atoms with Gasteiger partial charge in [-0.1, -0.05) is 81.1 Å². The number of allylic oxidation sites excluding steroid dienone is 4. The van der Waals surface area contributed by atoms with E-state index in [2.05, 4.69) is 48.9 Å². The first-order valence-corrected chi connectivity index (χ1v) is 10.3. The van der Waals surface area contributed by atoms with Crippen molar-refractivity contribution in [1.29, 1.82) is 0 Å². The van der Waals surface area contributed by atoms with E-state index in [0.29, 0.717) is 5.70 Å². The maximum Gasteiger partial charge on any atom is 0.0934 e. The van der Waals surface area contributed by atoms with E-state index < -0.39 is 0 Å². The Bertz CT molecular complexity index is 860. The summed E-state index contributed by atoms with van der Waals surface area (Å²) in [6.07, 6.45) is 10.2. The molecule has 0 radical (unpaired) electrons. The van der Waals surface area contributed by atoms with E-state index in [-0.39, 0.29) is 5.82 Å². The summed E-state index contributed by atoms with van der Waals surface area (Å²) in [5.74, 6) is 0.260. The van der Waals surface area contributed by atoms with Crippen molar-refractivity contribution in [3.8, 4) is 0 Å². The first kappa shape index (κ1) is 24.8. The number of hydrogen-bond donors (Lipinski definition) is 3. The van der Waals surface area contributed by atoms with Crippen LogP contribution in [0, 0.1) is 0 Å². The molecule has 2 aromatic carbocycles. The zero-order valence-corrected chi connectivity index (χ0v) is 18.5. The van der Waals surface area contributed by atoms with Gasteiger partial charge >= 0.3 is 0 Å². The molecule has 0 fully saturated rings. The molecule has 0 amide bonds. The second-order valence-electron chi connectivity index (χ2n) is 6.77. The van der Waals surface area contributed by atoms with Crippen LogP contribution in [0.15, 0.2) is 85.2 Å². The predicted octanol–water partition coefficient (Wildman–Crippen LogP) is 4.64. The minimum absolute atomic E-state index is 0.260. The topological polar surface area (TPSA) is 81.3 Å². The molecule has 2 aromatic rings. The maximum atomic E-state index is 6.00. The molecule has 4 heteroatoms. The Morgan fingerprint density at radius 3 is 2.30 bits per heavy atom. The molecule has 1 aliphatic heterocycles. The number of nitrogens with two attached hydrogens (primary N) is 3. The third-order valence-electron chi connectivity index (χ3n) is 4.42. The Kier molecular flexibility index (Phi) is 11.5. The molecule has 0 unspecified atom stereocenters. The van der Waals surface area contributed by atoms with Crippen LogP contribution >= 0.6 is 0 Å². The monoisotopic (exact) mass is 404 g/mol. The van der Waals surface area contributed by atoms with Gasteiger partial charge in [0.05, 0.1) is 5.82 Å². The lowest BCUT2D eigenvalue weighted by Crippen LogP contribution is -2.26. The van der Waals surface area contributed by atoms with Gasteiger partial charge in [0.25, 0.3) is 0 Å². The number of likely N-dealkylation sites (N-methyl/N-ethyl adjacent to an activating group) is 1. The van der Waals surface area contributed by atoms with E-state index in [0.717, 1.165) is 25.1 Å². The Morgan fingerprint density at radius 2 is 1.67 bits per heavy atom. The van der Waals surface area contributed by atoms with Crippen LogP contribution in [0.5, 0.6) is 0 Å². The molecule has 0 saturated carbocycles. The lowest BCUT2D eigenvalue weighted by molar-refractivity contribution is 0.313. The number of benzene rings is 2. The first-order valence-electron chi connectivity index (χ1n) is 10.3. The highest BCUT2D eigenvalue weighted by Crippen LogP contribution is 2.21. The second-order valence-corrected chi connectivity index (χ2v) is 6.77. The summed E-state index contributed by atoms with van der Waals surface area (Å²) in [6.45, 7) is 9.68. The molecule has 0 aliphatic carbocycles. The van der Waals surface area contributed by atoms with Crippen LogP contribution in [0.3, 0.4) is 0 Å². The minimum Gasteiger partial charge on any atom is -0.398 e. The lowest BCUT2D eigenvalue weighted by atomic mass is 9.96. The SMILES string of the molecule is C=C/C=C\c1ccccc1.CC.CN1CCc2ccc(/C(N)=C/C=C(N)N)cc2C1. The van der Waals surface area contributed by atoms with E-state index in [4.69, 9.17) is 17.2 Å². The molecule has 160 valence electrons. The summed E-state index contributed by atoms with van der Waals surface area (Å²) in [7, 11) is 2.13. The number of fused-ring (bicyclic) bond motifs is 1. The van der Waals surface area contributed by atoms with E-state index in [1.807, 2.05) is 44.2 Å². The Hall–Kier alpha value is -3.24. The first-order chi connectivity index (χ1) is 14.5. The normalized spacial score (nSPS) is 13.2. The van der Waals surface area contributed by atoms with Crippen LogP contribution < -0.4 is 17.2 Å². The summed E-state index contributed by atoms with van der Waals surface area (Å²) in [4.78, 5) is 2.31. The van der Waals surface area contributed by atoms with Gasteiger partial charge in [0.1, 0.15) is 0 Å². The standard InChI is InChI=1S/C14H20N4.C10H10.C2H6/c1-18-7-6-10-2-3-11(8-12(10)9-18)13(15)4-5-14(16)17;1-2-3-7-10-8-5-4-6-9-10;1-2/h2-5,8H,6-7,9,15-17H2,1H3;2-9H,1H2;1-2H3/b13-4-;7-3-;. The van der Waals surface area contributed by atoms with Gasteiger partial charge < -0.3 is 22.1 Å². The second kappa shape index (κ2) is 13.9. The van der Waals surface area contributed by atoms with Crippen LogP contribution in [-0.4, -0.2) is 18.5 Å². The highest BCUT2D eigenvalue weighted by molar-refractivity contribution is 5.65. The van der Waals surface area contributed by atoms with Crippen molar-refractivity contribution in [1.82, 2.24) is 4.90 Å². The molecule has 6 N–H and O–H groups in total. The van der Waals surface area contributed by atoms with Gasteiger partial charge in [-0.15, -0.1) is 0 Å². The fourth-order valence-corrected chi connectivity index (χ4v) is 2.90. The molecule has 1 aliphatic rings. The molecule has 30 heavy (non-hydrogen) atoms. The average Bonchev–Trinajstić information content (AvgIpc) is 2.78. The largest absolute Gasteiger partial charge is 0.398 e. The van der Waals surface area contributed by atoms with Crippen LogP contribution in [0.4, 0.5) is 0 Å². The average molecular weight is 405 g/mol. The van der Waals surface area contributed by atoms with Gasteiger partial charge in [0.2, 0.25) is 0 Å². The highest BCUT2D eigenvalue weighted by atomic mass is 15.1. The minimum atomic E-state index is 0.260.